The summed E-state index contributed by atoms with van der Waals surface area (Å²) in [4.78, 5) is 14.3. The Labute approximate surface area is 183 Å². The van der Waals surface area contributed by atoms with E-state index in [-0.39, 0.29) is 12.1 Å². The maximum atomic E-state index is 10.7. The number of hydrogen-bond donors (Lipinski definition) is 1. The van der Waals surface area contributed by atoms with E-state index in [0.717, 1.165) is 28.7 Å². The minimum absolute atomic E-state index is 0.0695. The van der Waals surface area contributed by atoms with Crippen LogP contribution in [0.1, 0.15) is 34.3 Å². The van der Waals surface area contributed by atoms with Crippen molar-refractivity contribution >= 4 is 6.41 Å². The topological polar surface area (TPSA) is 33.5 Å². The number of amides is 1. The molecular weight excluding hydrogens is 380 g/mol. The first-order valence-corrected chi connectivity index (χ1v) is 10.1. The molecule has 3 nitrogen and oxygen atoms in total. The summed E-state index contributed by atoms with van der Waals surface area (Å²) in [6.07, 6.45) is 0.741. The van der Waals surface area contributed by atoms with Crippen LogP contribution >= 0.6 is 0 Å². The van der Waals surface area contributed by atoms with Gasteiger partial charge in [-0.25, -0.2) is 6.57 Å². The molecule has 4 aromatic carbocycles. The summed E-state index contributed by atoms with van der Waals surface area (Å²) in [7, 11) is 0. The molecule has 0 unspecified atom stereocenters. The monoisotopic (exact) mass is 404 g/mol. The molecule has 0 atom stereocenters. The molecule has 0 spiro atoms. The highest BCUT2D eigenvalue weighted by Gasteiger charge is 2.17. The highest BCUT2D eigenvalue weighted by molar-refractivity contribution is 5.50. The molecule has 0 aliphatic rings. The summed E-state index contributed by atoms with van der Waals surface area (Å²) in [5.74, 6) is 0. The van der Waals surface area contributed by atoms with Gasteiger partial charge >= 0.3 is 0 Å². The second-order valence-corrected chi connectivity index (χ2v) is 6.89. The minimum atomic E-state index is -0.174. The molecule has 31 heavy (non-hydrogen) atoms. The van der Waals surface area contributed by atoms with Crippen molar-refractivity contribution in [2.24, 2.45) is 0 Å². The van der Waals surface area contributed by atoms with Crippen LogP contribution in [0.25, 0.3) is 4.85 Å². The van der Waals surface area contributed by atoms with E-state index >= 15 is 0 Å². The Hall–Kier alpha value is -4.16. The second-order valence-electron chi connectivity index (χ2n) is 6.89. The van der Waals surface area contributed by atoms with E-state index in [2.05, 4.69) is 10.2 Å². The van der Waals surface area contributed by atoms with Crippen molar-refractivity contribution in [1.29, 1.82) is 0 Å². The largest absolute Gasteiger partial charge is 0.348 e. The predicted molar refractivity (Wildman–Crippen MR) is 125 cm³/mol. The zero-order chi connectivity index (χ0) is 21.7. The molecule has 0 saturated carbocycles. The lowest BCUT2D eigenvalue weighted by atomic mass is 9.99. The van der Waals surface area contributed by atoms with Gasteiger partial charge in [0.1, 0.15) is 0 Å². The van der Waals surface area contributed by atoms with E-state index in [9.17, 15) is 4.79 Å². The van der Waals surface area contributed by atoms with Crippen LogP contribution in [0.5, 0.6) is 0 Å². The molecule has 4 rings (SSSR count). The first kappa shape index (κ1) is 21.5. The third kappa shape index (κ3) is 6.16. The molecule has 1 N–H and O–H groups in total. The average Bonchev–Trinajstić information content (AvgIpc) is 2.86. The van der Waals surface area contributed by atoms with Crippen molar-refractivity contribution in [3.8, 4) is 0 Å². The third-order valence-corrected chi connectivity index (χ3v) is 4.86. The van der Waals surface area contributed by atoms with Gasteiger partial charge in [0.25, 0.3) is 6.04 Å². The standard InChI is InChI=1S/C14H13NO.C14H11N/c16-11-15-14(12-7-3-1-4-8-12)13-9-5-2-6-10-13;1-15-14(12-8-4-2-5-9-12)13-10-6-3-7-11-13/h1-11,14H,(H,15,16);2-11,14H. The fraction of sp³-hybridized carbons (Fsp3) is 0.0714. The Morgan fingerprint density at radius 2 is 0.903 bits per heavy atom. The summed E-state index contributed by atoms with van der Waals surface area (Å²) in [6, 6.07) is 39.4. The van der Waals surface area contributed by atoms with Crippen LogP contribution in [0.3, 0.4) is 0 Å². The summed E-state index contributed by atoms with van der Waals surface area (Å²) in [5.41, 5.74) is 4.28. The maximum absolute atomic E-state index is 10.7. The number of benzene rings is 4. The summed E-state index contributed by atoms with van der Waals surface area (Å²) < 4.78 is 0. The zero-order valence-electron chi connectivity index (χ0n) is 17.1. The molecule has 152 valence electrons. The number of hydrogen-bond acceptors (Lipinski definition) is 1. The molecule has 1 amide bonds. The van der Waals surface area contributed by atoms with E-state index in [1.54, 1.807) is 0 Å². The van der Waals surface area contributed by atoms with Crippen LogP contribution in [0.4, 0.5) is 0 Å². The lowest BCUT2D eigenvalue weighted by Gasteiger charge is -2.16. The molecular formula is C28H24N2O. The second kappa shape index (κ2) is 11.7. The van der Waals surface area contributed by atoms with Gasteiger partial charge in [0.05, 0.1) is 6.04 Å². The van der Waals surface area contributed by atoms with Crippen LogP contribution in [-0.2, 0) is 4.79 Å². The van der Waals surface area contributed by atoms with Crippen molar-refractivity contribution in [1.82, 2.24) is 5.32 Å². The van der Waals surface area contributed by atoms with Gasteiger partial charge in [-0.1, -0.05) is 121 Å². The highest BCUT2D eigenvalue weighted by atomic mass is 16.1. The van der Waals surface area contributed by atoms with Crippen LogP contribution < -0.4 is 5.32 Å². The number of nitrogens with one attached hydrogen (secondary N) is 1. The van der Waals surface area contributed by atoms with Crippen LogP contribution in [-0.4, -0.2) is 6.41 Å². The van der Waals surface area contributed by atoms with E-state index in [1.807, 2.05) is 121 Å². The van der Waals surface area contributed by atoms with Gasteiger partial charge in [-0.05, 0) is 11.1 Å². The fourth-order valence-corrected chi connectivity index (χ4v) is 3.36. The SMILES string of the molecule is O=CNC(c1ccccc1)c1ccccc1.[C-]#[N+]C(c1ccccc1)c1ccccc1. The maximum Gasteiger partial charge on any atom is 0.273 e. The average molecular weight is 405 g/mol. The summed E-state index contributed by atoms with van der Waals surface area (Å²) in [5, 5.41) is 2.83. The molecule has 0 radical (unpaired) electrons. The molecule has 0 aliphatic carbocycles. The molecule has 0 saturated heterocycles. The molecule has 4 aromatic rings. The first-order chi connectivity index (χ1) is 15.3. The minimum Gasteiger partial charge on any atom is -0.348 e. The molecule has 0 bridgehead atoms. The van der Waals surface area contributed by atoms with Gasteiger partial charge in [0, 0.05) is 11.1 Å². The zero-order valence-corrected chi connectivity index (χ0v) is 17.1. The Balaban J connectivity index is 0.000000176. The van der Waals surface area contributed by atoms with Gasteiger partial charge in [-0.3, -0.25) is 4.79 Å². The lowest BCUT2D eigenvalue weighted by molar-refractivity contribution is -0.110. The molecule has 0 aromatic heterocycles. The van der Waals surface area contributed by atoms with Gasteiger partial charge in [0.2, 0.25) is 6.41 Å². The Kier molecular flexibility index (Phi) is 8.17. The van der Waals surface area contributed by atoms with Crippen molar-refractivity contribution in [2.75, 3.05) is 0 Å². The molecule has 3 heteroatoms. The smallest absolute Gasteiger partial charge is 0.273 e. The number of nitrogens with zero attached hydrogens (tertiary/aromatic N) is 1. The Bertz CT molecular complexity index is 996. The van der Waals surface area contributed by atoms with Crippen molar-refractivity contribution in [3.05, 3.63) is 155 Å². The summed E-state index contributed by atoms with van der Waals surface area (Å²) >= 11 is 0. The van der Waals surface area contributed by atoms with E-state index in [4.69, 9.17) is 6.57 Å². The lowest BCUT2D eigenvalue weighted by Crippen LogP contribution is -2.20. The number of rotatable bonds is 6. The Morgan fingerprint density at radius 3 is 1.19 bits per heavy atom. The molecule has 0 heterocycles. The van der Waals surface area contributed by atoms with Crippen molar-refractivity contribution in [3.63, 3.8) is 0 Å². The van der Waals surface area contributed by atoms with Gasteiger partial charge in [-0.15, -0.1) is 0 Å². The van der Waals surface area contributed by atoms with Gasteiger partial charge < -0.3 is 10.2 Å². The summed E-state index contributed by atoms with van der Waals surface area (Å²) in [6.45, 7) is 7.26. The fourth-order valence-electron chi connectivity index (χ4n) is 3.36. The van der Waals surface area contributed by atoms with Gasteiger partial charge in [0.15, 0.2) is 0 Å². The third-order valence-electron chi connectivity index (χ3n) is 4.86. The normalized spacial score (nSPS) is 9.97. The quantitative estimate of drug-likeness (QED) is 0.300. The first-order valence-electron chi connectivity index (χ1n) is 10.1. The highest BCUT2D eigenvalue weighted by Crippen LogP contribution is 2.25. The van der Waals surface area contributed by atoms with E-state index < -0.39 is 0 Å². The van der Waals surface area contributed by atoms with Gasteiger partial charge in [-0.2, -0.15) is 0 Å². The predicted octanol–water partition coefficient (Wildman–Crippen LogP) is 6.22. The van der Waals surface area contributed by atoms with Crippen LogP contribution in [0.15, 0.2) is 121 Å². The van der Waals surface area contributed by atoms with Crippen molar-refractivity contribution < 1.29 is 4.79 Å². The molecule has 0 fully saturated rings. The van der Waals surface area contributed by atoms with Crippen LogP contribution in [0, 0.1) is 6.57 Å². The van der Waals surface area contributed by atoms with E-state index in [1.165, 1.54) is 0 Å². The van der Waals surface area contributed by atoms with Crippen LogP contribution in [0.2, 0.25) is 0 Å². The molecule has 0 aliphatic heterocycles. The number of carbonyl (C=O) groups is 1. The van der Waals surface area contributed by atoms with E-state index in [0.29, 0.717) is 0 Å². The number of carbonyl (C=O) groups excluding carboxylic acids is 1. The Morgan fingerprint density at radius 1 is 0.581 bits per heavy atom. The van der Waals surface area contributed by atoms with Crippen molar-refractivity contribution in [2.45, 2.75) is 12.1 Å².